The summed E-state index contributed by atoms with van der Waals surface area (Å²) in [5.41, 5.74) is 11.7. The number of fused-ring (bicyclic) bond motifs is 1. The summed E-state index contributed by atoms with van der Waals surface area (Å²) in [5.74, 6) is 0.840. The fraction of sp³-hybridized carbons (Fsp3) is 0.0870. The monoisotopic (exact) mass is 353 g/mol. The number of nitrogens with two attached hydrogens (primary N) is 1. The van der Waals surface area contributed by atoms with Crippen molar-refractivity contribution in [3.63, 3.8) is 0 Å². The summed E-state index contributed by atoms with van der Waals surface area (Å²) in [6, 6.07) is 23.9. The Morgan fingerprint density at radius 3 is 2.67 bits per heavy atom. The molecule has 0 radical (unpaired) electrons. The van der Waals surface area contributed by atoms with Crippen LogP contribution in [-0.2, 0) is 6.54 Å². The second-order valence-electron chi connectivity index (χ2n) is 6.49. The molecule has 4 heteroatoms. The number of hydrogen-bond acceptors (Lipinski definition) is 3. The highest BCUT2D eigenvalue weighted by Crippen LogP contribution is 2.33. The summed E-state index contributed by atoms with van der Waals surface area (Å²) in [6.45, 7) is 0.710. The Morgan fingerprint density at radius 1 is 1.04 bits per heavy atom. The first kappa shape index (κ1) is 16.7. The third-order valence-electron chi connectivity index (χ3n) is 4.69. The van der Waals surface area contributed by atoms with Crippen LogP contribution in [0.5, 0.6) is 5.75 Å². The van der Waals surface area contributed by atoms with E-state index in [0.29, 0.717) is 12.1 Å². The maximum atomic E-state index is 9.31. The molecule has 0 amide bonds. The molecule has 0 bridgehead atoms. The number of rotatable bonds is 4. The fourth-order valence-corrected chi connectivity index (χ4v) is 3.40. The summed E-state index contributed by atoms with van der Waals surface area (Å²) in [7, 11) is 1.67. The van der Waals surface area contributed by atoms with E-state index in [1.54, 1.807) is 7.11 Å². The molecule has 1 heterocycles. The lowest BCUT2D eigenvalue weighted by molar-refractivity contribution is 0.414. The quantitative estimate of drug-likeness (QED) is 0.535. The average molecular weight is 353 g/mol. The van der Waals surface area contributed by atoms with Gasteiger partial charge >= 0.3 is 0 Å². The fourth-order valence-electron chi connectivity index (χ4n) is 3.40. The van der Waals surface area contributed by atoms with Gasteiger partial charge in [-0.3, -0.25) is 0 Å². The van der Waals surface area contributed by atoms with Crippen LogP contribution >= 0.6 is 0 Å². The average Bonchev–Trinajstić information content (AvgIpc) is 3.05. The number of anilines is 1. The number of nitriles is 1. The number of benzene rings is 3. The van der Waals surface area contributed by atoms with E-state index in [0.717, 1.165) is 39.0 Å². The first-order valence-corrected chi connectivity index (χ1v) is 8.70. The molecule has 4 aromatic rings. The molecule has 0 saturated heterocycles. The molecule has 0 aliphatic carbocycles. The third-order valence-corrected chi connectivity index (χ3v) is 4.69. The lowest BCUT2D eigenvalue weighted by atomic mass is 10.0. The van der Waals surface area contributed by atoms with Crippen LogP contribution < -0.4 is 10.5 Å². The molecule has 132 valence electrons. The van der Waals surface area contributed by atoms with Crippen molar-refractivity contribution in [1.82, 2.24) is 4.57 Å². The van der Waals surface area contributed by atoms with Crippen LogP contribution in [0.1, 0.15) is 11.1 Å². The smallest absolute Gasteiger partial charge is 0.119 e. The predicted molar refractivity (Wildman–Crippen MR) is 109 cm³/mol. The molecule has 0 aliphatic heterocycles. The number of nitrogen functional groups attached to an aromatic ring is 1. The van der Waals surface area contributed by atoms with Gasteiger partial charge in [-0.15, -0.1) is 0 Å². The van der Waals surface area contributed by atoms with Gasteiger partial charge in [0.25, 0.3) is 0 Å². The molecule has 4 rings (SSSR count). The van der Waals surface area contributed by atoms with Crippen molar-refractivity contribution in [2.75, 3.05) is 12.8 Å². The van der Waals surface area contributed by atoms with Crippen LogP contribution in [0.3, 0.4) is 0 Å². The van der Waals surface area contributed by atoms with E-state index < -0.39 is 0 Å². The molecule has 0 atom stereocenters. The maximum absolute atomic E-state index is 9.31. The van der Waals surface area contributed by atoms with E-state index in [1.807, 2.05) is 60.7 Å². The van der Waals surface area contributed by atoms with E-state index in [9.17, 15) is 5.26 Å². The molecular formula is C23H19N3O. The molecule has 3 aromatic carbocycles. The number of aromatic nitrogens is 1. The molecule has 0 aliphatic rings. The molecule has 0 spiro atoms. The minimum Gasteiger partial charge on any atom is -0.497 e. The third kappa shape index (κ3) is 3.23. The standard InChI is InChI=1S/C23H19N3O/c1-27-20-7-2-4-17(10-20)14-26-15-22(18-5-3-6-19(25)12-18)21-11-16(13-24)8-9-23(21)26/h2-12,15H,14,25H2,1H3. The highest BCUT2D eigenvalue weighted by molar-refractivity contribution is 5.97. The van der Waals surface area contributed by atoms with E-state index >= 15 is 0 Å². The van der Waals surface area contributed by atoms with Gasteiger partial charge in [-0.2, -0.15) is 5.26 Å². The second kappa shape index (κ2) is 6.89. The topological polar surface area (TPSA) is 64.0 Å². The molecule has 0 fully saturated rings. The zero-order valence-corrected chi connectivity index (χ0v) is 15.0. The molecule has 0 unspecified atom stereocenters. The van der Waals surface area contributed by atoms with Gasteiger partial charge in [-0.05, 0) is 53.6 Å². The lowest BCUT2D eigenvalue weighted by Gasteiger charge is -2.07. The largest absolute Gasteiger partial charge is 0.497 e. The summed E-state index contributed by atoms with van der Waals surface area (Å²) >= 11 is 0. The Labute approximate surface area is 158 Å². The van der Waals surface area contributed by atoms with Gasteiger partial charge in [0.15, 0.2) is 0 Å². The summed E-state index contributed by atoms with van der Waals surface area (Å²) in [4.78, 5) is 0. The first-order valence-electron chi connectivity index (χ1n) is 8.70. The summed E-state index contributed by atoms with van der Waals surface area (Å²) in [5, 5.41) is 10.4. The maximum Gasteiger partial charge on any atom is 0.119 e. The Bertz CT molecular complexity index is 1170. The predicted octanol–water partition coefficient (Wildman–Crippen LogP) is 4.82. The lowest BCUT2D eigenvalue weighted by Crippen LogP contribution is -1.98. The van der Waals surface area contributed by atoms with E-state index in [4.69, 9.17) is 10.5 Å². The van der Waals surface area contributed by atoms with E-state index in [2.05, 4.69) is 22.9 Å². The van der Waals surface area contributed by atoms with Crippen molar-refractivity contribution >= 4 is 16.6 Å². The van der Waals surface area contributed by atoms with Crippen LogP contribution in [0, 0.1) is 11.3 Å². The van der Waals surface area contributed by atoms with Gasteiger partial charge in [-0.1, -0.05) is 24.3 Å². The van der Waals surface area contributed by atoms with Gasteiger partial charge in [0.2, 0.25) is 0 Å². The highest BCUT2D eigenvalue weighted by atomic mass is 16.5. The minimum absolute atomic E-state index is 0.645. The number of ether oxygens (including phenoxy) is 1. The molecule has 4 nitrogen and oxygen atoms in total. The zero-order chi connectivity index (χ0) is 18.8. The van der Waals surface area contributed by atoms with Gasteiger partial charge in [0, 0.05) is 34.9 Å². The van der Waals surface area contributed by atoms with Crippen LogP contribution in [0.2, 0.25) is 0 Å². The molecule has 27 heavy (non-hydrogen) atoms. The number of hydrogen-bond donors (Lipinski definition) is 1. The summed E-state index contributed by atoms with van der Waals surface area (Å²) < 4.78 is 7.54. The minimum atomic E-state index is 0.645. The second-order valence-corrected chi connectivity index (χ2v) is 6.49. The normalized spacial score (nSPS) is 10.7. The molecule has 2 N–H and O–H groups in total. The Morgan fingerprint density at radius 2 is 1.89 bits per heavy atom. The van der Waals surface area contributed by atoms with E-state index in [1.165, 1.54) is 0 Å². The van der Waals surface area contributed by atoms with Crippen molar-refractivity contribution in [2.45, 2.75) is 6.54 Å². The van der Waals surface area contributed by atoms with E-state index in [-0.39, 0.29) is 0 Å². The summed E-state index contributed by atoms with van der Waals surface area (Å²) in [6.07, 6.45) is 2.13. The van der Waals surface area contributed by atoms with Crippen LogP contribution in [0.4, 0.5) is 5.69 Å². The van der Waals surface area contributed by atoms with Crippen LogP contribution in [-0.4, -0.2) is 11.7 Å². The van der Waals surface area contributed by atoms with Crippen LogP contribution in [0.15, 0.2) is 72.9 Å². The first-order chi connectivity index (χ1) is 13.2. The molecule has 0 saturated carbocycles. The van der Waals surface area contributed by atoms with Crippen molar-refractivity contribution in [1.29, 1.82) is 5.26 Å². The van der Waals surface area contributed by atoms with Crippen molar-refractivity contribution in [3.8, 4) is 22.9 Å². The van der Waals surface area contributed by atoms with Crippen molar-refractivity contribution in [3.05, 3.63) is 84.1 Å². The SMILES string of the molecule is COc1cccc(Cn2cc(-c3cccc(N)c3)c3cc(C#N)ccc32)c1. The van der Waals surface area contributed by atoms with Gasteiger partial charge in [0.1, 0.15) is 5.75 Å². The zero-order valence-electron chi connectivity index (χ0n) is 15.0. The highest BCUT2D eigenvalue weighted by Gasteiger charge is 2.12. The Hall–Kier alpha value is -3.71. The van der Waals surface area contributed by atoms with Gasteiger partial charge in [-0.25, -0.2) is 0 Å². The van der Waals surface area contributed by atoms with Gasteiger partial charge < -0.3 is 15.0 Å². The van der Waals surface area contributed by atoms with Crippen molar-refractivity contribution < 1.29 is 4.74 Å². The Balaban J connectivity index is 1.87. The molecule has 1 aromatic heterocycles. The van der Waals surface area contributed by atoms with Crippen molar-refractivity contribution in [2.24, 2.45) is 0 Å². The van der Waals surface area contributed by atoms with Crippen LogP contribution in [0.25, 0.3) is 22.0 Å². The molecular weight excluding hydrogens is 334 g/mol. The number of nitrogens with zero attached hydrogens (tertiary/aromatic N) is 2. The number of methoxy groups -OCH3 is 1. The Kier molecular flexibility index (Phi) is 4.27. The van der Waals surface area contributed by atoms with Gasteiger partial charge in [0.05, 0.1) is 18.7 Å².